The minimum Gasteiger partial charge on any atom is -0.354 e. The standard InChI is InChI=1S/C22H25Cl3N2O2S/c1-3-9-26-22(29)15(2)27(12-16-5-4-6-18(23)10-16)21(28)14-30-13-17-7-8-19(24)20(25)11-17/h4-8,10-11,15H,3,9,12-14H2,1-2H3,(H,26,29). The third-order valence-electron chi connectivity index (χ3n) is 4.44. The van der Waals surface area contributed by atoms with Crippen LogP contribution in [0.5, 0.6) is 0 Å². The van der Waals surface area contributed by atoms with Crippen molar-refractivity contribution in [1.82, 2.24) is 10.2 Å². The minimum atomic E-state index is -0.589. The van der Waals surface area contributed by atoms with Gasteiger partial charge in [0, 0.05) is 23.9 Å². The number of halogens is 3. The molecular formula is C22H25Cl3N2O2S. The molecule has 0 aliphatic carbocycles. The lowest BCUT2D eigenvalue weighted by Gasteiger charge is -2.28. The van der Waals surface area contributed by atoms with Crippen LogP contribution in [0.15, 0.2) is 42.5 Å². The Kier molecular flexibility index (Phi) is 10.3. The first kappa shape index (κ1) is 24.9. The maximum atomic E-state index is 13.0. The van der Waals surface area contributed by atoms with Crippen molar-refractivity contribution in [1.29, 1.82) is 0 Å². The molecule has 0 saturated carbocycles. The van der Waals surface area contributed by atoms with Gasteiger partial charge in [-0.1, -0.05) is 59.9 Å². The summed E-state index contributed by atoms with van der Waals surface area (Å²) >= 11 is 19.6. The molecular weight excluding hydrogens is 463 g/mol. The summed E-state index contributed by atoms with van der Waals surface area (Å²) in [5, 5.41) is 4.45. The van der Waals surface area contributed by atoms with Crippen molar-refractivity contribution in [2.75, 3.05) is 12.3 Å². The third kappa shape index (κ3) is 7.69. The number of amides is 2. The molecule has 2 aromatic rings. The molecule has 30 heavy (non-hydrogen) atoms. The Bertz CT molecular complexity index is 879. The van der Waals surface area contributed by atoms with Gasteiger partial charge in [-0.25, -0.2) is 0 Å². The lowest BCUT2D eigenvalue weighted by Crippen LogP contribution is -2.48. The molecule has 0 radical (unpaired) electrons. The molecule has 8 heteroatoms. The van der Waals surface area contributed by atoms with Crippen molar-refractivity contribution in [3.63, 3.8) is 0 Å². The van der Waals surface area contributed by atoms with Gasteiger partial charge in [-0.2, -0.15) is 0 Å². The monoisotopic (exact) mass is 486 g/mol. The quantitative estimate of drug-likeness (QED) is 0.459. The zero-order chi connectivity index (χ0) is 22.1. The summed E-state index contributed by atoms with van der Waals surface area (Å²) in [7, 11) is 0. The van der Waals surface area contributed by atoms with Gasteiger partial charge in [0.05, 0.1) is 15.8 Å². The topological polar surface area (TPSA) is 49.4 Å². The molecule has 0 bridgehead atoms. The highest BCUT2D eigenvalue weighted by Crippen LogP contribution is 2.25. The molecule has 2 rings (SSSR count). The third-order valence-corrected chi connectivity index (χ3v) is 6.40. The fourth-order valence-electron chi connectivity index (χ4n) is 2.78. The van der Waals surface area contributed by atoms with Crippen molar-refractivity contribution in [2.45, 2.75) is 38.6 Å². The van der Waals surface area contributed by atoms with Crippen molar-refractivity contribution in [3.05, 3.63) is 68.7 Å². The normalized spacial score (nSPS) is 11.8. The smallest absolute Gasteiger partial charge is 0.242 e. The van der Waals surface area contributed by atoms with Gasteiger partial charge in [-0.05, 0) is 48.7 Å². The van der Waals surface area contributed by atoms with E-state index < -0.39 is 6.04 Å². The molecule has 2 aromatic carbocycles. The Balaban J connectivity index is 2.06. The van der Waals surface area contributed by atoms with Crippen molar-refractivity contribution < 1.29 is 9.59 Å². The molecule has 1 N–H and O–H groups in total. The van der Waals surface area contributed by atoms with Crippen LogP contribution in [-0.2, 0) is 21.9 Å². The molecule has 0 fully saturated rings. The van der Waals surface area contributed by atoms with Gasteiger partial charge in [-0.15, -0.1) is 11.8 Å². The summed E-state index contributed by atoms with van der Waals surface area (Å²) in [6.45, 7) is 4.62. The number of benzene rings is 2. The molecule has 0 aromatic heterocycles. The Morgan fingerprint density at radius 2 is 1.83 bits per heavy atom. The van der Waals surface area contributed by atoms with Crippen molar-refractivity contribution >= 4 is 58.4 Å². The highest BCUT2D eigenvalue weighted by molar-refractivity contribution is 7.99. The average Bonchev–Trinajstić information content (AvgIpc) is 2.72. The van der Waals surface area contributed by atoms with Crippen LogP contribution in [0.25, 0.3) is 0 Å². The lowest BCUT2D eigenvalue weighted by molar-refractivity contribution is -0.138. The van der Waals surface area contributed by atoms with E-state index in [1.807, 2.05) is 25.1 Å². The molecule has 1 atom stereocenters. The van der Waals surface area contributed by atoms with Gasteiger partial charge in [-0.3, -0.25) is 9.59 Å². The molecule has 0 saturated heterocycles. The molecule has 0 spiro atoms. The number of rotatable bonds is 10. The zero-order valence-corrected chi connectivity index (χ0v) is 20.0. The van der Waals surface area contributed by atoms with Crippen LogP contribution < -0.4 is 5.32 Å². The van der Waals surface area contributed by atoms with E-state index in [0.29, 0.717) is 33.9 Å². The SMILES string of the molecule is CCCNC(=O)C(C)N(Cc1cccc(Cl)c1)C(=O)CSCc1ccc(Cl)c(Cl)c1. The fourth-order valence-corrected chi connectivity index (χ4v) is 4.17. The van der Waals surface area contributed by atoms with E-state index >= 15 is 0 Å². The van der Waals surface area contributed by atoms with Gasteiger partial charge in [0.25, 0.3) is 0 Å². The van der Waals surface area contributed by atoms with Crippen molar-refractivity contribution in [3.8, 4) is 0 Å². The van der Waals surface area contributed by atoms with Crippen LogP contribution >= 0.6 is 46.6 Å². The van der Waals surface area contributed by atoms with Crippen LogP contribution in [0.4, 0.5) is 0 Å². The molecule has 162 valence electrons. The zero-order valence-electron chi connectivity index (χ0n) is 17.0. The number of thioether (sulfide) groups is 1. The number of nitrogens with one attached hydrogen (secondary N) is 1. The average molecular weight is 488 g/mol. The van der Waals surface area contributed by atoms with Crippen LogP contribution in [-0.4, -0.2) is 35.1 Å². The van der Waals surface area contributed by atoms with Gasteiger partial charge in [0.2, 0.25) is 11.8 Å². The molecule has 0 aliphatic rings. The van der Waals surface area contributed by atoms with E-state index in [9.17, 15) is 9.59 Å². The Hall–Kier alpha value is -1.40. The summed E-state index contributed by atoms with van der Waals surface area (Å²) in [6.07, 6.45) is 0.834. The summed E-state index contributed by atoms with van der Waals surface area (Å²) in [5.41, 5.74) is 1.86. The minimum absolute atomic E-state index is 0.112. The fraction of sp³-hybridized carbons (Fsp3) is 0.364. The molecule has 0 aliphatic heterocycles. The van der Waals surface area contributed by atoms with Crippen LogP contribution in [0.1, 0.15) is 31.4 Å². The predicted octanol–water partition coefficient (Wildman–Crippen LogP) is 5.82. The molecule has 0 heterocycles. The van der Waals surface area contributed by atoms with Gasteiger partial charge >= 0.3 is 0 Å². The van der Waals surface area contributed by atoms with Crippen LogP contribution in [0.2, 0.25) is 15.1 Å². The van der Waals surface area contributed by atoms with E-state index in [0.717, 1.165) is 17.5 Å². The summed E-state index contributed by atoms with van der Waals surface area (Å²) in [6, 6.07) is 12.2. The van der Waals surface area contributed by atoms with Gasteiger partial charge in [0.1, 0.15) is 6.04 Å². The largest absolute Gasteiger partial charge is 0.354 e. The van der Waals surface area contributed by atoms with E-state index in [-0.39, 0.29) is 17.6 Å². The highest BCUT2D eigenvalue weighted by atomic mass is 35.5. The highest BCUT2D eigenvalue weighted by Gasteiger charge is 2.25. The Morgan fingerprint density at radius 3 is 2.50 bits per heavy atom. The van der Waals surface area contributed by atoms with Crippen LogP contribution in [0.3, 0.4) is 0 Å². The van der Waals surface area contributed by atoms with E-state index in [2.05, 4.69) is 5.32 Å². The predicted molar refractivity (Wildman–Crippen MR) is 127 cm³/mol. The summed E-state index contributed by atoms with van der Waals surface area (Å²) < 4.78 is 0. The number of carbonyl (C=O) groups excluding carboxylic acids is 2. The molecule has 4 nitrogen and oxygen atoms in total. The van der Waals surface area contributed by atoms with E-state index in [4.69, 9.17) is 34.8 Å². The number of nitrogens with zero attached hydrogens (tertiary/aromatic N) is 1. The first-order chi connectivity index (χ1) is 14.3. The first-order valence-corrected chi connectivity index (χ1v) is 11.9. The maximum absolute atomic E-state index is 13.0. The first-order valence-electron chi connectivity index (χ1n) is 9.65. The second kappa shape index (κ2) is 12.5. The number of carbonyl (C=O) groups is 2. The Morgan fingerprint density at radius 1 is 1.07 bits per heavy atom. The van der Waals surface area contributed by atoms with Crippen molar-refractivity contribution in [2.24, 2.45) is 0 Å². The van der Waals surface area contributed by atoms with E-state index in [1.165, 1.54) is 11.8 Å². The maximum Gasteiger partial charge on any atom is 0.242 e. The molecule has 2 amide bonds. The van der Waals surface area contributed by atoms with Gasteiger partial charge in [0.15, 0.2) is 0 Å². The lowest BCUT2D eigenvalue weighted by atomic mass is 10.1. The van der Waals surface area contributed by atoms with E-state index in [1.54, 1.807) is 36.1 Å². The van der Waals surface area contributed by atoms with Gasteiger partial charge < -0.3 is 10.2 Å². The Labute approximate surface area is 197 Å². The second-order valence-corrected chi connectivity index (χ2v) is 9.10. The summed E-state index contributed by atoms with van der Waals surface area (Å²) in [5.74, 6) is 0.580. The number of hydrogen-bond donors (Lipinski definition) is 1. The summed E-state index contributed by atoms with van der Waals surface area (Å²) in [4.78, 5) is 27.1. The molecule has 1 unspecified atom stereocenters. The number of hydrogen-bond acceptors (Lipinski definition) is 3. The van der Waals surface area contributed by atoms with Crippen LogP contribution in [0, 0.1) is 0 Å². The second-order valence-electron chi connectivity index (χ2n) is 6.86.